The fraction of sp³-hybridized carbons (Fsp3) is 0.625. The van der Waals surface area contributed by atoms with Crippen LogP contribution in [0.4, 0.5) is 0 Å². The fourth-order valence-electron chi connectivity index (χ4n) is 4.54. The van der Waals surface area contributed by atoms with E-state index in [4.69, 9.17) is 19.9 Å². The van der Waals surface area contributed by atoms with Crippen molar-refractivity contribution in [2.75, 3.05) is 19.8 Å². The van der Waals surface area contributed by atoms with Crippen molar-refractivity contribution in [2.45, 2.75) is 64.7 Å². The number of nitriles is 2. The molecule has 0 amide bonds. The van der Waals surface area contributed by atoms with Crippen LogP contribution in [0, 0.1) is 33.5 Å². The standard InChI is InChI=1S/C24H32N4O3/c1-4-7-14-30-24(31-15-8-5-2)23(17-26)20(22(23,16-25)21(27)28-24)18-9-11-19(12-10-18)29-13-6-3/h9-12,20H,4-8,13-15H2,1-3H3,(H2,27,28). The molecule has 0 saturated heterocycles. The van der Waals surface area contributed by atoms with Gasteiger partial charge in [0, 0.05) is 5.92 Å². The Balaban J connectivity index is 2.01. The fourth-order valence-corrected chi connectivity index (χ4v) is 4.54. The Labute approximate surface area is 184 Å². The second kappa shape index (κ2) is 9.26. The van der Waals surface area contributed by atoms with Crippen molar-refractivity contribution >= 4 is 5.84 Å². The molecule has 1 saturated carbocycles. The number of hydrogen-bond acceptors (Lipinski definition) is 7. The third-order valence-electron chi connectivity index (χ3n) is 6.20. The first-order valence-electron chi connectivity index (χ1n) is 11.2. The van der Waals surface area contributed by atoms with Crippen molar-refractivity contribution in [2.24, 2.45) is 21.6 Å². The second-order valence-corrected chi connectivity index (χ2v) is 8.17. The zero-order valence-electron chi connectivity index (χ0n) is 18.7. The van der Waals surface area contributed by atoms with Crippen molar-refractivity contribution in [3.8, 4) is 17.9 Å². The quantitative estimate of drug-likeness (QED) is 0.396. The van der Waals surface area contributed by atoms with Crippen LogP contribution in [0.25, 0.3) is 0 Å². The number of nitrogens with zero attached hydrogens (tertiary/aromatic N) is 3. The molecular formula is C24H32N4O3. The van der Waals surface area contributed by atoms with Crippen LogP contribution in [0.3, 0.4) is 0 Å². The van der Waals surface area contributed by atoms with Crippen LogP contribution in [0.1, 0.15) is 64.4 Å². The molecule has 0 spiro atoms. The van der Waals surface area contributed by atoms with Gasteiger partial charge in [0.2, 0.25) is 0 Å². The summed E-state index contributed by atoms with van der Waals surface area (Å²) in [4.78, 5) is 4.49. The molecule has 2 aliphatic rings. The van der Waals surface area contributed by atoms with Crippen LogP contribution >= 0.6 is 0 Å². The van der Waals surface area contributed by atoms with Gasteiger partial charge in [0.15, 0.2) is 5.41 Å². The highest BCUT2D eigenvalue weighted by molar-refractivity contribution is 6.00. The predicted molar refractivity (Wildman–Crippen MR) is 117 cm³/mol. The zero-order valence-corrected chi connectivity index (χ0v) is 18.7. The minimum absolute atomic E-state index is 0.112. The number of hydrogen-bond donors (Lipinski definition) is 1. The van der Waals surface area contributed by atoms with E-state index < -0.39 is 22.7 Å². The topological polar surface area (TPSA) is 114 Å². The maximum absolute atomic E-state index is 10.4. The Morgan fingerprint density at radius 2 is 1.55 bits per heavy atom. The number of unbranched alkanes of at least 4 members (excludes halogenated alkanes) is 2. The molecule has 0 bridgehead atoms. The van der Waals surface area contributed by atoms with Gasteiger partial charge in [-0.05, 0) is 37.0 Å². The van der Waals surface area contributed by atoms with Gasteiger partial charge in [-0.1, -0.05) is 45.7 Å². The zero-order chi connectivity index (χ0) is 22.5. The lowest BCUT2D eigenvalue weighted by molar-refractivity contribution is -0.260. The Morgan fingerprint density at radius 3 is 2.03 bits per heavy atom. The summed E-state index contributed by atoms with van der Waals surface area (Å²) in [6.45, 7) is 7.55. The van der Waals surface area contributed by atoms with E-state index in [2.05, 4.69) is 31.0 Å². The minimum Gasteiger partial charge on any atom is -0.494 e. The molecule has 7 nitrogen and oxygen atoms in total. The van der Waals surface area contributed by atoms with E-state index in [9.17, 15) is 10.5 Å². The number of nitrogens with two attached hydrogens (primary N) is 1. The van der Waals surface area contributed by atoms with Gasteiger partial charge in [0.05, 0.1) is 32.0 Å². The van der Waals surface area contributed by atoms with Gasteiger partial charge in [0.25, 0.3) is 5.91 Å². The first-order chi connectivity index (χ1) is 15.0. The van der Waals surface area contributed by atoms with E-state index in [0.29, 0.717) is 19.8 Å². The van der Waals surface area contributed by atoms with Crippen LogP contribution in [0.2, 0.25) is 0 Å². The molecule has 1 aliphatic carbocycles. The lowest BCUT2D eigenvalue weighted by Crippen LogP contribution is -2.44. The van der Waals surface area contributed by atoms with Crippen molar-refractivity contribution in [1.29, 1.82) is 10.5 Å². The molecule has 1 aromatic carbocycles. The first kappa shape index (κ1) is 23.1. The number of amidine groups is 1. The molecule has 3 atom stereocenters. The van der Waals surface area contributed by atoms with Crippen molar-refractivity contribution in [3.63, 3.8) is 0 Å². The number of aliphatic imine (C=N–C) groups is 1. The lowest BCUT2D eigenvalue weighted by atomic mass is 9.93. The number of rotatable bonds is 12. The molecule has 0 aromatic heterocycles. The molecule has 1 aromatic rings. The van der Waals surface area contributed by atoms with Gasteiger partial charge in [-0.2, -0.15) is 10.5 Å². The molecule has 1 fully saturated rings. The highest BCUT2D eigenvalue weighted by Crippen LogP contribution is 2.82. The Bertz CT molecular complexity index is 876. The lowest BCUT2D eigenvalue weighted by Gasteiger charge is -2.32. The van der Waals surface area contributed by atoms with Crippen LogP contribution < -0.4 is 10.5 Å². The molecule has 3 rings (SSSR count). The monoisotopic (exact) mass is 424 g/mol. The highest BCUT2D eigenvalue weighted by Gasteiger charge is 2.93. The van der Waals surface area contributed by atoms with Crippen molar-refractivity contribution in [3.05, 3.63) is 29.8 Å². The summed E-state index contributed by atoms with van der Waals surface area (Å²) in [7, 11) is 0. The van der Waals surface area contributed by atoms with E-state index in [1.54, 1.807) is 0 Å². The van der Waals surface area contributed by atoms with Crippen molar-refractivity contribution in [1.82, 2.24) is 0 Å². The second-order valence-electron chi connectivity index (χ2n) is 8.17. The average molecular weight is 425 g/mol. The summed E-state index contributed by atoms with van der Waals surface area (Å²) in [5.74, 6) is -1.20. The molecule has 1 aliphatic heterocycles. The molecule has 3 unspecified atom stereocenters. The third kappa shape index (κ3) is 3.37. The summed E-state index contributed by atoms with van der Waals surface area (Å²) >= 11 is 0. The van der Waals surface area contributed by atoms with E-state index >= 15 is 0 Å². The predicted octanol–water partition coefficient (Wildman–Crippen LogP) is 4.25. The highest BCUT2D eigenvalue weighted by atomic mass is 16.7. The maximum Gasteiger partial charge on any atom is 0.293 e. The van der Waals surface area contributed by atoms with Gasteiger partial charge in [-0.15, -0.1) is 0 Å². The van der Waals surface area contributed by atoms with E-state index in [0.717, 1.165) is 43.4 Å². The Hall–Kier alpha value is -2.61. The minimum atomic E-state index is -1.58. The van der Waals surface area contributed by atoms with E-state index in [1.165, 1.54) is 0 Å². The number of fused-ring (bicyclic) bond motifs is 1. The molecule has 166 valence electrons. The molecule has 1 heterocycles. The van der Waals surface area contributed by atoms with Gasteiger partial charge in [-0.3, -0.25) is 0 Å². The van der Waals surface area contributed by atoms with Crippen LogP contribution in [-0.2, 0) is 9.47 Å². The maximum atomic E-state index is 10.4. The molecule has 7 heteroatoms. The smallest absolute Gasteiger partial charge is 0.293 e. The molecule has 2 N–H and O–H groups in total. The SMILES string of the molecule is CCCCOC1(OCCCC)N=C(N)C2(C#N)C(c3ccc(OCCC)cc3)C12C#N. The summed E-state index contributed by atoms with van der Waals surface area (Å²) in [5, 5.41) is 20.6. The van der Waals surface area contributed by atoms with Gasteiger partial charge in [-0.25, -0.2) is 4.99 Å². The summed E-state index contributed by atoms with van der Waals surface area (Å²) < 4.78 is 18.0. The van der Waals surface area contributed by atoms with Gasteiger partial charge >= 0.3 is 0 Å². The normalized spacial score (nSPS) is 27.6. The van der Waals surface area contributed by atoms with E-state index in [1.807, 2.05) is 31.2 Å². The van der Waals surface area contributed by atoms with E-state index in [-0.39, 0.29) is 5.84 Å². The van der Waals surface area contributed by atoms with Crippen LogP contribution in [-0.4, -0.2) is 31.6 Å². The van der Waals surface area contributed by atoms with Crippen LogP contribution in [0.15, 0.2) is 29.3 Å². The Kier molecular flexibility index (Phi) is 6.89. The summed E-state index contributed by atoms with van der Waals surface area (Å²) in [6.07, 6.45) is 4.36. The van der Waals surface area contributed by atoms with Gasteiger partial charge < -0.3 is 19.9 Å². The first-order valence-corrected chi connectivity index (χ1v) is 11.2. The third-order valence-corrected chi connectivity index (χ3v) is 6.20. The van der Waals surface area contributed by atoms with Crippen molar-refractivity contribution < 1.29 is 14.2 Å². The number of benzene rings is 1. The average Bonchev–Trinajstić information content (AvgIpc) is 3.37. The molecule has 0 radical (unpaired) electrons. The molecule has 31 heavy (non-hydrogen) atoms. The van der Waals surface area contributed by atoms with Gasteiger partial charge in [0.1, 0.15) is 17.0 Å². The van der Waals surface area contributed by atoms with Crippen LogP contribution in [0.5, 0.6) is 5.75 Å². The largest absolute Gasteiger partial charge is 0.494 e. The Morgan fingerprint density at radius 1 is 0.935 bits per heavy atom. The number of ether oxygens (including phenoxy) is 3. The molecular weight excluding hydrogens is 392 g/mol. The summed E-state index contributed by atoms with van der Waals surface area (Å²) in [6, 6.07) is 12.2. The summed E-state index contributed by atoms with van der Waals surface area (Å²) in [5.41, 5.74) is 4.55.